The molecule has 0 radical (unpaired) electrons. The zero-order valence-corrected chi connectivity index (χ0v) is 17.5. The summed E-state index contributed by atoms with van der Waals surface area (Å²) in [6, 6.07) is 18.1. The molecule has 0 saturated carbocycles. The lowest BCUT2D eigenvalue weighted by Crippen LogP contribution is -2.37. The van der Waals surface area contributed by atoms with Crippen molar-refractivity contribution in [2.75, 3.05) is 33.9 Å². The third-order valence-corrected chi connectivity index (χ3v) is 5.54. The Morgan fingerprint density at radius 3 is 2.57 bits per heavy atom. The summed E-state index contributed by atoms with van der Waals surface area (Å²) in [5.74, 6) is 0.931. The average molecular weight is 405 g/mol. The number of ether oxygens (including phenoxy) is 2. The molecule has 6 nitrogen and oxygen atoms in total. The quantitative estimate of drug-likeness (QED) is 0.631. The summed E-state index contributed by atoms with van der Waals surface area (Å²) in [6.07, 6.45) is 1.77. The van der Waals surface area contributed by atoms with Gasteiger partial charge in [-0.1, -0.05) is 24.3 Å². The molecule has 4 rings (SSSR count). The van der Waals surface area contributed by atoms with Gasteiger partial charge in [-0.15, -0.1) is 0 Å². The molecule has 30 heavy (non-hydrogen) atoms. The fraction of sp³-hybridized carbons (Fsp3) is 0.333. The van der Waals surface area contributed by atoms with E-state index in [1.54, 1.807) is 20.4 Å². The summed E-state index contributed by atoms with van der Waals surface area (Å²) in [7, 11) is 3.36. The topological polar surface area (TPSA) is 54.9 Å². The molecule has 6 heteroatoms. The third kappa shape index (κ3) is 4.78. The van der Waals surface area contributed by atoms with E-state index in [0.29, 0.717) is 32.7 Å². The molecule has 0 N–H and O–H groups in total. The van der Waals surface area contributed by atoms with E-state index in [0.717, 1.165) is 22.2 Å². The van der Waals surface area contributed by atoms with Crippen molar-refractivity contribution in [2.45, 2.75) is 19.2 Å². The van der Waals surface area contributed by atoms with Gasteiger partial charge in [0.05, 0.1) is 25.3 Å². The largest absolute Gasteiger partial charge is 0.497 e. The van der Waals surface area contributed by atoms with Crippen LogP contribution in [0.1, 0.15) is 11.1 Å². The monoisotopic (exact) mass is 405 g/mol. The van der Waals surface area contributed by atoms with Crippen molar-refractivity contribution >= 4 is 16.8 Å². The van der Waals surface area contributed by atoms with Crippen LogP contribution in [0.25, 0.3) is 10.9 Å². The maximum atomic E-state index is 13.0. The molecule has 1 saturated heterocycles. The standard InChI is InChI=1S/C24H27N3O3/c1-29-21-8-5-18(6-9-21)14-27-16-22(30-2)15-26(17-24(27)28)13-19-7-10-23-20(12-19)4-3-11-25-23/h3-12,22H,13-17H2,1-2H3. The minimum atomic E-state index is -0.0307. The Labute approximate surface area is 177 Å². The highest BCUT2D eigenvalue weighted by Crippen LogP contribution is 2.19. The van der Waals surface area contributed by atoms with Crippen LogP contribution in [0, 0.1) is 0 Å². The first-order valence-corrected chi connectivity index (χ1v) is 10.1. The number of rotatable bonds is 6. The second-order valence-corrected chi connectivity index (χ2v) is 7.68. The molecule has 1 fully saturated rings. The van der Waals surface area contributed by atoms with Crippen LogP contribution in [-0.2, 0) is 22.6 Å². The van der Waals surface area contributed by atoms with E-state index in [1.807, 2.05) is 41.3 Å². The van der Waals surface area contributed by atoms with Gasteiger partial charge in [-0.2, -0.15) is 0 Å². The Kier molecular flexibility index (Phi) is 6.26. The summed E-state index contributed by atoms with van der Waals surface area (Å²) < 4.78 is 10.9. The zero-order valence-electron chi connectivity index (χ0n) is 17.5. The van der Waals surface area contributed by atoms with Crippen LogP contribution >= 0.6 is 0 Å². The zero-order chi connectivity index (χ0) is 20.9. The Bertz CT molecular complexity index is 1010. The molecule has 2 heterocycles. The summed E-state index contributed by atoms with van der Waals surface area (Å²) in [4.78, 5) is 21.4. The number of hydrogen-bond acceptors (Lipinski definition) is 5. The van der Waals surface area contributed by atoms with Gasteiger partial charge in [0.25, 0.3) is 0 Å². The second kappa shape index (κ2) is 9.24. The highest BCUT2D eigenvalue weighted by atomic mass is 16.5. The molecule has 1 amide bonds. The maximum Gasteiger partial charge on any atom is 0.237 e. The van der Waals surface area contributed by atoms with Gasteiger partial charge in [-0.3, -0.25) is 14.7 Å². The molecule has 1 aromatic heterocycles. The minimum absolute atomic E-state index is 0.0307. The molecule has 0 aliphatic carbocycles. The summed E-state index contributed by atoms with van der Waals surface area (Å²) in [5.41, 5.74) is 3.23. The van der Waals surface area contributed by atoms with Crippen LogP contribution in [-0.4, -0.2) is 60.6 Å². The number of fused-ring (bicyclic) bond motifs is 1. The molecule has 1 aliphatic heterocycles. The Hall–Kier alpha value is -2.96. The van der Waals surface area contributed by atoms with Crippen molar-refractivity contribution in [1.29, 1.82) is 0 Å². The fourth-order valence-electron chi connectivity index (χ4n) is 3.90. The number of nitrogens with zero attached hydrogens (tertiary/aromatic N) is 3. The number of carbonyl (C=O) groups excluding carboxylic acids is 1. The van der Waals surface area contributed by atoms with E-state index in [9.17, 15) is 4.79 Å². The van der Waals surface area contributed by atoms with Gasteiger partial charge in [0.15, 0.2) is 0 Å². The predicted molar refractivity (Wildman–Crippen MR) is 116 cm³/mol. The molecular formula is C24H27N3O3. The second-order valence-electron chi connectivity index (χ2n) is 7.68. The number of carbonyl (C=O) groups is 1. The van der Waals surface area contributed by atoms with E-state index in [2.05, 4.69) is 28.1 Å². The third-order valence-electron chi connectivity index (χ3n) is 5.54. The molecule has 1 unspecified atom stereocenters. The van der Waals surface area contributed by atoms with Gasteiger partial charge in [-0.05, 0) is 41.5 Å². The highest BCUT2D eigenvalue weighted by Gasteiger charge is 2.28. The Balaban J connectivity index is 1.47. The van der Waals surface area contributed by atoms with Crippen LogP contribution in [0.3, 0.4) is 0 Å². The summed E-state index contributed by atoms with van der Waals surface area (Å²) >= 11 is 0. The Morgan fingerprint density at radius 1 is 1.00 bits per heavy atom. The number of pyridine rings is 1. The fourth-order valence-corrected chi connectivity index (χ4v) is 3.90. The molecule has 2 aromatic carbocycles. The first-order valence-electron chi connectivity index (χ1n) is 10.1. The molecule has 0 bridgehead atoms. The van der Waals surface area contributed by atoms with Crippen LogP contribution < -0.4 is 4.74 Å². The highest BCUT2D eigenvalue weighted by molar-refractivity contribution is 5.79. The van der Waals surface area contributed by atoms with Crippen LogP contribution in [0.15, 0.2) is 60.8 Å². The lowest BCUT2D eigenvalue weighted by atomic mass is 10.1. The lowest BCUT2D eigenvalue weighted by Gasteiger charge is -2.23. The molecule has 3 aromatic rings. The number of methoxy groups -OCH3 is 2. The minimum Gasteiger partial charge on any atom is -0.497 e. The smallest absolute Gasteiger partial charge is 0.237 e. The van der Waals surface area contributed by atoms with E-state index in [1.165, 1.54) is 5.56 Å². The lowest BCUT2D eigenvalue weighted by molar-refractivity contribution is -0.132. The van der Waals surface area contributed by atoms with E-state index >= 15 is 0 Å². The van der Waals surface area contributed by atoms with Gasteiger partial charge in [0, 0.05) is 44.9 Å². The van der Waals surface area contributed by atoms with E-state index in [-0.39, 0.29) is 12.0 Å². The van der Waals surface area contributed by atoms with Crippen LogP contribution in [0.5, 0.6) is 5.75 Å². The van der Waals surface area contributed by atoms with Crippen LogP contribution in [0.2, 0.25) is 0 Å². The van der Waals surface area contributed by atoms with E-state index < -0.39 is 0 Å². The summed E-state index contributed by atoms with van der Waals surface area (Å²) in [5, 5.41) is 1.11. The van der Waals surface area contributed by atoms with Crippen molar-refractivity contribution < 1.29 is 14.3 Å². The number of amides is 1. The van der Waals surface area contributed by atoms with Crippen molar-refractivity contribution in [3.05, 3.63) is 71.9 Å². The molecule has 1 aliphatic rings. The van der Waals surface area contributed by atoms with Gasteiger partial charge < -0.3 is 14.4 Å². The number of benzene rings is 2. The molecule has 0 spiro atoms. The van der Waals surface area contributed by atoms with Crippen molar-refractivity contribution in [1.82, 2.24) is 14.8 Å². The first kappa shape index (κ1) is 20.3. The average Bonchev–Trinajstić information content (AvgIpc) is 2.92. The van der Waals surface area contributed by atoms with Crippen LogP contribution in [0.4, 0.5) is 0 Å². The van der Waals surface area contributed by atoms with E-state index in [4.69, 9.17) is 9.47 Å². The van der Waals surface area contributed by atoms with Gasteiger partial charge in [-0.25, -0.2) is 0 Å². The maximum absolute atomic E-state index is 13.0. The van der Waals surface area contributed by atoms with Gasteiger partial charge in [0.2, 0.25) is 5.91 Å². The van der Waals surface area contributed by atoms with Crippen molar-refractivity contribution in [2.24, 2.45) is 0 Å². The van der Waals surface area contributed by atoms with Crippen molar-refractivity contribution in [3.63, 3.8) is 0 Å². The molecule has 156 valence electrons. The summed E-state index contributed by atoms with van der Waals surface area (Å²) in [6.45, 7) is 2.94. The number of aromatic nitrogens is 1. The molecular weight excluding hydrogens is 378 g/mol. The molecule has 1 atom stereocenters. The first-order chi connectivity index (χ1) is 14.6. The van der Waals surface area contributed by atoms with Gasteiger partial charge >= 0.3 is 0 Å². The van der Waals surface area contributed by atoms with Gasteiger partial charge in [0.1, 0.15) is 5.75 Å². The van der Waals surface area contributed by atoms with Crippen molar-refractivity contribution in [3.8, 4) is 5.75 Å². The number of hydrogen-bond donors (Lipinski definition) is 0. The SMILES string of the molecule is COc1ccc(CN2CC(OC)CN(Cc3ccc4ncccc4c3)CC2=O)cc1. The Morgan fingerprint density at radius 2 is 1.80 bits per heavy atom. The normalized spacial score (nSPS) is 17.9. The predicted octanol–water partition coefficient (Wildman–Crippen LogP) is 3.10.